The third kappa shape index (κ3) is 6.79. The number of sulfonamides is 1. The number of nitrogens with one attached hydrogen (secondary N) is 2. The van der Waals surface area contributed by atoms with Gasteiger partial charge in [0.25, 0.3) is 0 Å². The van der Waals surface area contributed by atoms with Gasteiger partial charge < -0.3 is 20.3 Å². The normalized spacial score (nSPS) is 14.8. The molecule has 1 aliphatic rings. The molecule has 1 aromatic heterocycles. The van der Waals surface area contributed by atoms with E-state index in [4.69, 9.17) is 4.74 Å². The Hall–Kier alpha value is -2.92. The lowest BCUT2D eigenvalue weighted by Crippen LogP contribution is -2.50. The van der Waals surface area contributed by atoms with Gasteiger partial charge in [-0.05, 0) is 30.2 Å². The zero-order valence-electron chi connectivity index (χ0n) is 17.5. The minimum Gasteiger partial charge on any atom is -0.497 e. The Morgan fingerprint density at radius 2 is 1.68 bits per heavy atom. The van der Waals surface area contributed by atoms with Crippen molar-refractivity contribution in [2.45, 2.75) is 6.42 Å². The lowest BCUT2D eigenvalue weighted by molar-refractivity contribution is 0.241. The number of methoxy groups -OCH3 is 1. The Morgan fingerprint density at radius 1 is 1.03 bits per heavy atom. The number of benzene rings is 1. The SMILES string of the molecule is COc1ccc(CCNC(=O)NCCS(=O)(=O)N2CCN(c3ncccn3)CC2)cc1. The number of carbonyl (C=O) groups excluding carboxylic acids is 1. The van der Waals surface area contributed by atoms with Crippen LogP contribution in [-0.4, -0.2) is 80.9 Å². The number of piperazine rings is 1. The Balaban J connectivity index is 1.34. The number of carbonyl (C=O) groups is 1. The van der Waals surface area contributed by atoms with Gasteiger partial charge in [0.2, 0.25) is 16.0 Å². The van der Waals surface area contributed by atoms with Crippen molar-refractivity contribution in [3.05, 3.63) is 48.3 Å². The van der Waals surface area contributed by atoms with Crippen LogP contribution in [0.3, 0.4) is 0 Å². The zero-order chi connectivity index (χ0) is 22.1. The van der Waals surface area contributed by atoms with Crippen molar-refractivity contribution in [1.82, 2.24) is 24.9 Å². The number of aromatic nitrogens is 2. The maximum absolute atomic E-state index is 12.6. The molecule has 0 aliphatic carbocycles. The van der Waals surface area contributed by atoms with Crippen LogP contribution in [0.25, 0.3) is 0 Å². The third-order valence-electron chi connectivity index (χ3n) is 4.97. The summed E-state index contributed by atoms with van der Waals surface area (Å²) in [6, 6.07) is 8.98. The van der Waals surface area contributed by atoms with E-state index in [1.807, 2.05) is 29.2 Å². The van der Waals surface area contributed by atoms with E-state index >= 15 is 0 Å². The largest absolute Gasteiger partial charge is 0.497 e. The van der Waals surface area contributed by atoms with E-state index in [1.165, 1.54) is 4.31 Å². The number of anilines is 1. The molecule has 0 radical (unpaired) electrons. The van der Waals surface area contributed by atoms with Crippen LogP contribution in [0.4, 0.5) is 10.7 Å². The fourth-order valence-electron chi connectivity index (χ4n) is 3.22. The molecule has 0 unspecified atom stereocenters. The van der Waals surface area contributed by atoms with Crippen molar-refractivity contribution in [3.8, 4) is 5.75 Å². The van der Waals surface area contributed by atoms with Crippen molar-refractivity contribution in [2.75, 3.05) is 57.0 Å². The molecule has 1 aliphatic heterocycles. The topological polar surface area (TPSA) is 117 Å². The molecule has 0 saturated carbocycles. The van der Waals surface area contributed by atoms with Crippen LogP contribution in [0.5, 0.6) is 5.75 Å². The standard InChI is InChI=1S/C20H28N6O4S/c1-30-18-5-3-17(4-6-18)7-10-23-20(27)24-11-16-31(28,29)26-14-12-25(13-15-26)19-21-8-2-9-22-19/h2-6,8-9H,7,10-16H2,1H3,(H2,23,24,27). The number of urea groups is 1. The Labute approximate surface area is 182 Å². The second-order valence-corrected chi connectivity index (χ2v) is 9.12. The van der Waals surface area contributed by atoms with Crippen molar-refractivity contribution in [1.29, 1.82) is 0 Å². The Morgan fingerprint density at radius 3 is 2.32 bits per heavy atom. The molecule has 2 N–H and O–H groups in total. The number of hydrogen-bond donors (Lipinski definition) is 2. The van der Waals surface area contributed by atoms with Crippen LogP contribution >= 0.6 is 0 Å². The predicted molar refractivity (Wildman–Crippen MR) is 118 cm³/mol. The van der Waals surface area contributed by atoms with Crippen LogP contribution in [0, 0.1) is 0 Å². The lowest BCUT2D eigenvalue weighted by atomic mass is 10.1. The minimum atomic E-state index is -3.44. The summed E-state index contributed by atoms with van der Waals surface area (Å²) in [5.41, 5.74) is 1.07. The molecule has 1 aromatic carbocycles. The van der Waals surface area contributed by atoms with Gasteiger partial charge in [0, 0.05) is 51.7 Å². The summed E-state index contributed by atoms with van der Waals surface area (Å²) in [7, 11) is -1.83. The van der Waals surface area contributed by atoms with E-state index in [2.05, 4.69) is 20.6 Å². The zero-order valence-corrected chi connectivity index (χ0v) is 18.3. The van der Waals surface area contributed by atoms with Crippen LogP contribution in [0.1, 0.15) is 5.56 Å². The van der Waals surface area contributed by atoms with Crippen molar-refractivity contribution in [2.24, 2.45) is 0 Å². The summed E-state index contributed by atoms with van der Waals surface area (Å²) >= 11 is 0. The molecule has 0 atom stereocenters. The molecule has 2 aromatic rings. The predicted octanol–water partition coefficient (Wildman–Crippen LogP) is 0.479. The van der Waals surface area contributed by atoms with E-state index in [0.29, 0.717) is 45.1 Å². The second kappa shape index (κ2) is 10.9. The van der Waals surface area contributed by atoms with Gasteiger partial charge in [-0.2, -0.15) is 4.31 Å². The number of ether oxygens (including phenoxy) is 1. The van der Waals surface area contributed by atoms with Crippen LogP contribution in [-0.2, 0) is 16.4 Å². The van der Waals surface area contributed by atoms with Gasteiger partial charge in [-0.25, -0.2) is 23.2 Å². The van der Waals surface area contributed by atoms with E-state index in [-0.39, 0.29) is 18.3 Å². The highest BCUT2D eigenvalue weighted by atomic mass is 32.2. The number of rotatable bonds is 9. The molecular formula is C20H28N6O4S. The first-order chi connectivity index (χ1) is 15.0. The quantitative estimate of drug-likeness (QED) is 0.573. The average Bonchev–Trinajstić information content (AvgIpc) is 2.80. The second-order valence-electron chi connectivity index (χ2n) is 7.03. The molecule has 0 bridgehead atoms. The average molecular weight is 449 g/mol. The van der Waals surface area contributed by atoms with Crippen molar-refractivity contribution in [3.63, 3.8) is 0 Å². The van der Waals surface area contributed by atoms with E-state index < -0.39 is 10.0 Å². The van der Waals surface area contributed by atoms with Gasteiger partial charge in [0.15, 0.2) is 0 Å². The van der Waals surface area contributed by atoms with Gasteiger partial charge in [-0.1, -0.05) is 12.1 Å². The molecule has 1 saturated heterocycles. The first kappa shape index (κ1) is 22.8. The summed E-state index contributed by atoms with van der Waals surface area (Å²) in [6.07, 6.45) is 4.00. The lowest BCUT2D eigenvalue weighted by Gasteiger charge is -2.33. The van der Waals surface area contributed by atoms with Gasteiger partial charge >= 0.3 is 6.03 Å². The molecule has 2 amide bonds. The molecule has 2 heterocycles. The molecule has 1 fully saturated rings. The van der Waals surface area contributed by atoms with Crippen molar-refractivity contribution < 1.29 is 17.9 Å². The van der Waals surface area contributed by atoms with E-state index in [1.54, 1.807) is 25.6 Å². The smallest absolute Gasteiger partial charge is 0.314 e. The third-order valence-corrected chi connectivity index (χ3v) is 6.84. The maximum Gasteiger partial charge on any atom is 0.314 e. The first-order valence-corrected chi connectivity index (χ1v) is 11.7. The molecule has 31 heavy (non-hydrogen) atoms. The summed E-state index contributed by atoms with van der Waals surface area (Å²) in [4.78, 5) is 22.3. The summed E-state index contributed by atoms with van der Waals surface area (Å²) < 4.78 is 31.7. The molecule has 10 nitrogen and oxygen atoms in total. The summed E-state index contributed by atoms with van der Waals surface area (Å²) in [5, 5.41) is 5.35. The highest BCUT2D eigenvalue weighted by Crippen LogP contribution is 2.13. The fourth-order valence-corrected chi connectivity index (χ4v) is 4.56. The van der Waals surface area contributed by atoms with E-state index in [9.17, 15) is 13.2 Å². The number of hydrogen-bond acceptors (Lipinski definition) is 7. The van der Waals surface area contributed by atoms with Crippen molar-refractivity contribution >= 4 is 22.0 Å². The Kier molecular flexibility index (Phi) is 8.01. The molecule has 168 valence electrons. The van der Waals surface area contributed by atoms with Crippen LogP contribution in [0.2, 0.25) is 0 Å². The number of amides is 2. The molecular weight excluding hydrogens is 420 g/mol. The highest BCUT2D eigenvalue weighted by molar-refractivity contribution is 7.89. The summed E-state index contributed by atoms with van der Waals surface area (Å²) in [5.74, 6) is 1.25. The molecule has 3 rings (SSSR count). The van der Waals surface area contributed by atoms with Gasteiger partial charge in [-0.15, -0.1) is 0 Å². The summed E-state index contributed by atoms with van der Waals surface area (Å²) in [6.45, 7) is 2.31. The van der Waals surface area contributed by atoms with Gasteiger partial charge in [0.05, 0.1) is 12.9 Å². The highest BCUT2D eigenvalue weighted by Gasteiger charge is 2.27. The van der Waals surface area contributed by atoms with Crippen LogP contribution in [0.15, 0.2) is 42.7 Å². The first-order valence-electron chi connectivity index (χ1n) is 10.1. The van der Waals surface area contributed by atoms with Gasteiger partial charge in [0.1, 0.15) is 5.75 Å². The minimum absolute atomic E-state index is 0.0543. The molecule has 11 heteroatoms. The fraction of sp³-hybridized carbons (Fsp3) is 0.450. The van der Waals surface area contributed by atoms with Crippen LogP contribution < -0.4 is 20.3 Å². The Bertz CT molecular complexity index is 932. The van der Waals surface area contributed by atoms with Gasteiger partial charge in [-0.3, -0.25) is 0 Å². The maximum atomic E-state index is 12.6. The van der Waals surface area contributed by atoms with E-state index in [0.717, 1.165) is 11.3 Å². The molecule has 0 spiro atoms. The monoisotopic (exact) mass is 448 g/mol. The number of nitrogens with zero attached hydrogens (tertiary/aromatic N) is 4.